The van der Waals surface area contributed by atoms with Gasteiger partial charge >= 0.3 is 0 Å². The first-order valence-electron chi connectivity index (χ1n) is 9.68. The average Bonchev–Trinajstić information content (AvgIpc) is 3.24. The minimum absolute atomic E-state index is 0.174. The minimum atomic E-state index is -0.429. The van der Waals surface area contributed by atoms with Gasteiger partial charge in [-0.25, -0.2) is 14.4 Å². The molecule has 1 unspecified atom stereocenters. The van der Waals surface area contributed by atoms with Crippen molar-refractivity contribution in [3.05, 3.63) is 60.0 Å². The van der Waals surface area contributed by atoms with E-state index < -0.39 is 5.25 Å². The third kappa shape index (κ3) is 4.53. The fourth-order valence-corrected chi connectivity index (χ4v) is 5.07. The Morgan fingerprint density at radius 3 is 2.56 bits per heavy atom. The second-order valence-electron chi connectivity index (χ2n) is 6.83. The summed E-state index contributed by atoms with van der Waals surface area (Å²) in [5.74, 6) is 0.652. The summed E-state index contributed by atoms with van der Waals surface area (Å²) in [5, 5.41) is 6.01. The number of ether oxygens (including phenoxy) is 2. The molecule has 1 amide bonds. The lowest BCUT2D eigenvalue weighted by Crippen LogP contribution is -2.22. The molecule has 1 N–H and O–H groups in total. The summed E-state index contributed by atoms with van der Waals surface area (Å²) in [6.07, 6.45) is 1.49. The van der Waals surface area contributed by atoms with Gasteiger partial charge in [0.1, 0.15) is 22.0 Å². The molecule has 0 saturated heterocycles. The number of thiophene rings is 1. The molecule has 0 radical (unpaired) electrons. The number of nitrogens with one attached hydrogen (secondary N) is 1. The number of carbonyl (C=O) groups excluding carboxylic acids is 1. The van der Waals surface area contributed by atoms with Gasteiger partial charge < -0.3 is 14.8 Å². The van der Waals surface area contributed by atoms with Crippen molar-refractivity contribution in [1.82, 2.24) is 9.97 Å². The Balaban J connectivity index is 1.57. The molecule has 9 heteroatoms. The van der Waals surface area contributed by atoms with Gasteiger partial charge in [-0.15, -0.1) is 11.3 Å². The van der Waals surface area contributed by atoms with Crippen molar-refractivity contribution in [3.8, 4) is 22.6 Å². The zero-order chi connectivity index (χ0) is 22.7. The first kappa shape index (κ1) is 22.0. The van der Waals surface area contributed by atoms with E-state index in [0.717, 1.165) is 21.3 Å². The van der Waals surface area contributed by atoms with E-state index in [2.05, 4.69) is 15.3 Å². The van der Waals surface area contributed by atoms with Crippen LogP contribution in [-0.4, -0.2) is 35.3 Å². The van der Waals surface area contributed by atoms with E-state index in [1.807, 2.05) is 12.3 Å². The van der Waals surface area contributed by atoms with E-state index in [9.17, 15) is 9.18 Å². The minimum Gasteiger partial charge on any atom is -0.493 e. The van der Waals surface area contributed by atoms with Crippen LogP contribution < -0.4 is 14.8 Å². The summed E-state index contributed by atoms with van der Waals surface area (Å²) in [4.78, 5) is 22.5. The predicted octanol–water partition coefficient (Wildman–Crippen LogP) is 5.63. The number of hydrogen-bond donors (Lipinski definition) is 1. The van der Waals surface area contributed by atoms with E-state index in [0.29, 0.717) is 22.2 Å². The van der Waals surface area contributed by atoms with E-state index in [1.54, 1.807) is 44.6 Å². The van der Waals surface area contributed by atoms with Crippen LogP contribution in [0.5, 0.6) is 11.5 Å². The number of thioether (sulfide) groups is 1. The second kappa shape index (κ2) is 9.54. The SMILES string of the molecule is COc1ccc(NC(=O)C(C)Sc2ncnc3scc(-c4ccc(F)cc4)c23)cc1OC. The normalized spacial score (nSPS) is 11.9. The molecule has 0 aliphatic carbocycles. The smallest absolute Gasteiger partial charge is 0.237 e. The summed E-state index contributed by atoms with van der Waals surface area (Å²) in [5.41, 5.74) is 2.40. The van der Waals surface area contributed by atoms with Crippen molar-refractivity contribution in [3.63, 3.8) is 0 Å². The summed E-state index contributed by atoms with van der Waals surface area (Å²) in [6.45, 7) is 1.82. The average molecular weight is 470 g/mol. The molecule has 2 aromatic carbocycles. The van der Waals surface area contributed by atoms with Gasteiger partial charge in [-0.3, -0.25) is 4.79 Å². The molecular weight excluding hydrogens is 449 g/mol. The van der Waals surface area contributed by atoms with Gasteiger partial charge in [-0.1, -0.05) is 23.9 Å². The molecule has 2 heterocycles. The first-order valence-corrected chi connectivity index (χ1v) is 11.4. The van der Waals surface area contributed by atoms with Gasteiger partial charge in [0.15, 0.2) is 11.5 Å². The Labute approximate surface area is 192 Å². The summed E-state index contributed by atoms with van der Waals surface area (Å²) < 4.78 is 23.9. The maximum absolute atomic E-state index is 13.4. The van der Waals surface area contributed by atoms with Gasteiger partial charge in [0.25, 0.3) is 0 Å². The number of benzene rings is 2. The largest absolute Gasteiger partial charge is 0.493 e. The summed E-state index contributed by atoms with van der Waals surface area (Å²) >= 11 is 2.84. The molecule has 0 aliphatic heterocycles. The third-order valence-corrected chi connectivity index (χ3v) is 6.79. The van der Waals surface area contributed by atoms with Crippen LogP contribution in [0.15, 0.2) is 59.2 Å². The number of anilines is 1. The highest BCUT2D eigenvalue weighted by molar-refractivity contribution is 8.00. The van der Waals surface area contributed by atoms with Crippen molar-refractivity contribution in [2.45, 2.75) is 17.2 Å². The topological polar surface area (TPSA) is 73.3 Å². The maximum Gasteiger partial charge on any atom is 0.237 e. The van der Waals surface area contributed by atoms with Crippen molar-refractivity contribution < 1.29 is 18.7 Å². The highest BCUT2D eigenvalue weighted by atomic mass is 32.2. The molecule has 0 spiro atoms. The number of hydrogen-bond acceptors (Lipinski definition) is 7. The fraction of sp³-hybridized carbons (Fsp3) is 0.174. The van der Waals surface area contributed by atoms with E-state index in [1.165, 1.54) is 41.6 Å². The van der Waals surface area contributed by atoms with Gasteiger partial charge in [0.05, 0.1) is 24.9 Å². The van der Waals surface area contributed by atoms with Crippen LogP contribution in [0.2, 0.25) is 0 Å². The van der Waals surface area contributed by atoms with Crippen LogP contribution in [0.25, 0.3) is 21.3 Å². The summed E-state index contributed by atoms with van der Waals surface area (Å²) in [7, 11) is 3.10. The van der Waals surface area contributed by atoms with Crippen LogP contribution >= 0.6 is 23.1 Å². The number of amides is 1. The van der Waals surface area contributed by atoms with E-state index in [-0.39, 0.29) is 11.7 Å². The highest BCUT2D eigenvalue weighted by Gasteiger charge is 2.20. The maximum atomic E-state index is 13.4. The third-order valence-electron chi connectivity index (χ3n) is 4.80. The van der Waals surface area contributed by atoms with Crippen LogP contribution in [0.3, 0.4) is 0 Å². The van der Waals surface area contributed by atoms with E-state index >= 15 is 0 Å². The van der Waals surface area contributed by atoms with Crippen molar-refractivity contribution in [2.75, 3.05) is 19.5 Å². The predicted molar refractivity (Wildman–Crippen MR) is 126 cm³/mol. The number of fused-ring (bicyclic) bond motifs is 1. The van der Waals surface area contributed by atoms with Crippen molar-refractivity contribution in [1.29, 1.82) is 0 Å². The lowest BCUT2D eigenvalue weighted by molar-refractivity contribution is -0.115. The lowest BCUT2D eigenvalue weighted by Gasteiger charge is -2.14. The molecule has 4 aromatic rings. The van der Waals surface area contributed by atoms with Crippen LogP contribution in [0.4, 0.5) is 10.1 Å². The second-order valence-corrected chi connectivity index (χ2v) is 9.02. The molecule has 0 fully saturated rings. The molecule has 4 rings (SSSR count). The van der Waals surface area contributed by atoms with Crippen molar-refractivity contribution >= 4 is 44.9 Å². The van der Waals surface area contributed by atoms with Gasteiger partial charge in [0.2, 0.25) is 5.91 Å². The van der Waals surface area contributed by atoms with Crippen LogP contribution in [0.1, 0.15) is 6.92 Å². The zero-order valence-corrected chi connectivity index (χ0v) is 19.2. The molecule has 0 aliphatic rings. The Morgan fingerprint density at radius 2 is 1.84 bits per heavy atom. The fourth-order valence-electron chi connectivity index (χ4n) is 3.16. The van der Waals surface area contributed by atoms with Gasteiger partial charge in [0, 0.05) is 22.7 Å². The Kier molecular flexibility index (Phi) is 6.57. The van der Waals surface area contributed by atoms with Crippen molar-refractivity contribution in [2.24, 2.45) is 0 Å². The molecule has 2 aromatic heterocycles. The molecule has 0 saturated carbocycles. The molecule has 0 bridgehead atoms. The monoisotopic (exact) mass is 469 g/mol. The number of halogens is 1. The highest BCUT2D eigenvalue weighted by Crippen LogP contribution is 2.39. The Bertz CT molecular complexity index is 1260. The number of rotatable bonds is 7. The molecule has 164 valence electrons. The standard InChI is InChI=1S/C23H20FN3O3S2/c1-13(21(28)27-16-8-9-18(29-2)19(10-16)30-3)32-23-20-17(11-31-22(20)25-12-26-23)14-4-6-15(24)7-5-14/h4-13H,1-3H3,(H,27,28). The van der Waals surface area contributed by atoms with Crippen LogP contribution in [-0.2, 0) is 4.79 Å². The first-order chi connectivity index (χ1) is 15.5. The number of carbonyl (C=O) groups is 1. The molecule has 6 nitrogen and oxygen atoms in total. The number of nitrogens with zero attached hydrogens (tertiary/aromatic N) is 2. The zero-order valence-electron chi connectivity index (χ0n) is 17.6. The number of aromatic nitrogens is 2. The van der Waals surface area contributed by atoms with Crippen LogP contribution in [0, 0.1) is 5.82 Å². The molecule has 1 atom stereocenters. The van der Waals surface area contributed by atoms with E-state index in [4.69, 9.17) is 9.47 Å². The number of methoxy groups -OCH3 is 2. The van der Waals surface area contributed by atoms with Gasteiger partial charge in [-0.05, 0) is 36.8 Å². The summed E-state index contributed by atoms with van der Waals surface area (Å²) in [6, 6.07) is 11.5. The molecular formula is C23H20FN3O3S2. The quantitative estimate of drug-likeness (QED) is 0.279. The van der Waals surface area contributed by atoms with Gasteiger partial charge in [-0.2, -0.15) is 0 Å². The Hall–Kier alpha value is -3.17. The Morgan fingerprint density at radius 1 is 1.09 bits per heavy atom. The molecule has 32 heavy (non-hydrogen) atoms. The lowest BCUT2D eigenvalue weighted by atomic mass is 10.1.